The molecule has 0 spiro atoms. The van der Waals surface area contributed by atoms with E-state index in [2.05, 4.69) is 10.6 Å². The van der Waals surface area contributed by atoms with Crippen LogP contribution in [0, 0.1) is 20.2 Å². The zero-order valence-corrected chi connectivity index (χ0v) is 20.5. The first-order valence-corrected chi connectivity index (χ1v) is 12.7. The predicted octanol–water partition coefficient (Wildman–Crippen LogP) is 4.82. The van der Waals surface area contributed by atoms with Crippen LogP contribution in [-0.4, -0.2) is 30.1 Å². The molecule has 12 nitrogen and oxygen atoms in total. The second kappa shape index (κ2) is 9.46. The van der Waals surface area contributed by atoms with E-state index in [4.69, 9.17) is 0 Å². The Kier molecular flexibility index (Phi) is 6.12. The summed E-state index contributed by atoms with van der Waals surface area (Å²) in [6, 6.07) is 18.9. The smallest absolute Gasteiger partial charge is 0.270 e. The maximum atomic E-state index is 13.4. The Morgan fingerprint density at radius 1 is 0.615 bits per heavy atom. The van der Waals surface area contributed by atoms with Gasteiger partial charge >= 0.3 is 0 Å². The zero-order chi connectivity index (χ0) is 27.9. The summed E-state index contributed by atoms with van der Waals surface area (Å²) in [5, 5.41) is 27.1. The number of nitro benzene ring substituents is 2. The van der Waals surface area contributed by atoms with Gasteiger partial charge in [-0.2, -0.15) is 0 Å². The number of carbonyl (C=O) groups is 2. The standard InChI is InChI=1S/C26H16N4O8S/c31-25(15-3-1-5-19(11-15)29(33)34)27-17-7-9-21-22-10-8-18(14-24(22)39(37,38)23(21)13-17)28-26(32)16-4-2-6-20(12-16)30(35)36/h1-14H,(H,27,31)(H,28,32). The molecule has 4 aromatic rings. The molecule has 0 saturated carbocycles. The Labute approximate surface area is 220 Å². The van der Waals surface area contributed by atoms with Crippen LogP contribution in [0.5, 0.6) is 0 Å². The molecule has 2 N–H and O–H groups in total. The van der Waals surface area contributed by atoms with Crippen LogP contribution in [-0.2, 0) is 9.84 Å². The number of carbonyl (C=O) groups excluding carboxylic acids is 2. The fraction of sp³-hybridized carbons (Fsp3) is 0. The van der Waals surface area contributed by atoms with E-state index in [9.17, 15) is 38.2 Å². The maximum Gasteiger partial charge on any atom is 0.270 e. The van der Waals surface area contributed by atoms with Gasteiger partial charge in [0.2, 0.25) is 9.84 Å². The molecule has 39 heavy (non-hydrogen) atoms. The van der Waals surface area contributed by atoms with Gasteiger partial charge in [-0.3, -0.25) is 29.8 Å². The molecule has 13 heteroatoms. The number of fused-ring (bicyclic) bond motifs is 3. The number of non-ortho nitro benzene ring substituents is 2. The van der Waals surface area contributed by atoms with Crippen molar-refractivity contribution in [3.63, 3.8) is 0 Å². The number of nitro groups is 2. The molecule has 1 heterocycles. The largest absolute Gasteiger partial charge is 0.322 e. The zero-order valence-electron chi connectivity index (χ0n) is 19.7. The molecule has 194 valence electrons. The van der Waals surface area contributed by atoms with Crippen LogP contribution < -0.4 is 10.6 Å². The molecule has 0 aromatic heterocycles. The molecule has 0 radical (unpaired) electrons. The van der Waals surface area contributed by atoms with E-state index in [1.165, 1.54) is 72.8 Å². The van der Waals surface area contributed by atoms with Crippen molar-refractivity contribution in [2.45, 2.75) is 9.79 Å². The minimum absolute atomic E-state index is 0.0278. The van der Waals surface area contributed by atoms with Crippen molar-refractivity contribution in [1.29, 1.82) is 0 Å². The topological polar surface area (TPSA) is 179 Å². The van der Waals surface area contributed by atoms with Crippen molar-refractivity contribution in [3.05, 3.63) is 116 Å². The lowest BCUT2D eigenvalue weighted by molar-refractivity contribution is -0.385. The summed E-state index contributed by atoms with van der Waals surface area (Å²) in [5.41, 5.74) is 0.664. The Morgan fingerprint density at radius 3 is 1.41 bits per heavy atom. The van der Waals surface area contributed by atoms with Crippen LogP contribution >= 0.6 is 0 Å². The molecule has 4 aromatic carbocycles. The molecule has 2 amide bonds. The van der Waals surface area contributed by atoms with Gasteiger partial charge < -0.3 is 10.6 Å². The average molecular weight is 545 g/mol. The second-order valence-electron chi connectivity index (χ2n) is 8.45. The molecule has 1 aliphatic rings. The first kappa shape index (κ1) is 25.2. The third kappa shape index (κ3) is 4.69. The number of amides is 2. The summed E-state index contributed by atoms with van der Waals surface area (Å²) in [6.45, 7) is 0. The first-order valence-electron chi connectivity index (χ1n) is 11.2. The molecule has 0 fully saturated rings. The lowest BCUT2D eigenvalue weighted by atomic mass is 10.0. The van der Waals surface area contributed by atoms with Gasteiger partial charge in [0.1, 0.15) is 0 Å². The van der Waals surface area contributed by atoms with Gasteiger partial charge in [0.25, 0.3) is 23.2 Å². The Morgan fingerprint density at radius 2 is 1.03 bits per heavy atom. The molecule has 0 unspecified atom stereocenters. The van der Waals surface area contributed by atoms with Gasteiger partial charge in [-0.15, -0.1) is 0 Å². The van der Waals surface area contributed by atoms with Crippen LogP contribution in [0.2, 0.25) is 0 Å². The predicted molar refractivity (Wildman–Crippen MR) is 139 cm³/mol. The van der Waals surface area contributed by atoms with Gasteiger partial charge in [0.15, 0.2) is 0 Å². The summed E-state index contributed by atoms with van der Waals surface area (Å²) in [5.74, 6) is -1.31. The van der Waals surface area contributed by atoms with Crippen LogP contribution in [0.4, 0.5) is 22.7 Å². The summed E-state index contributed by atoms with van der Waals surface area (Å²) < 4.78 is 26.7. The number of sulfone groups is 1. The van der Waals surface area contributed by atoms with E-state index >= 15 is 0 Å². The summed E-state index contributed by atoms with van der Waals surface area (Å²) in [7, 11) is -4.03. The molecule has 0 saturated heterocycles. The second-order valence-corrected chi connectivity index (χ2v) is 10.3. The lowest BCUT2D eigenvalue weighted by Crippen LogP contribution is -2.12. The van der Waals surface area contributed by atoms with Gasteiger partial charge in [0.05, 0.1) is 19.6 Å². The summed E-state index contributed by atoms with van der Waals surface area (Å²) in [6.07, 6.45) is 0. The van der Waals surface area contributed by atoms with E-state index in [1.54, 1.807) is 0 Å². The van der Waals surface area contributed by atoms with Gasteiger partial charge in [-0.1, -0.05) is 24.3 Å². The normalized spacial score (nSPS) is 12.6. The third-order valence-corrected chi connectivity index (χ3v) is 7.82. The van der Waals surface area contributed by atoms with Crippen LogP contribution in [0.1, 0.15) is 20.7 Å². The highest BCUT2D eigenvalue weighted by Crippen LogP contribution is 2.45. The molecule has 0 atom stereocenters. The lowest BCUT2D eigenvalue weighted by Gasteiger charge is -2.07. The number of benzene rings is 4. The average Bonchev–Trinajstić information content (AvgIpc) is 3.14. The van der Waals surface area contributed by atoms with Crippen LogP contribution in [0.15, 0.2) is 94.7 Å². The Bertz CT molecular complexity index is 1710. The van der Waals surface area contributed by atoms with Crippen LogP contribution in [0.25, 0.3) is 11.1 Å². The highest BCUT2D eigenvalue weighted by Gasteiger charge is 2.33. The van der Waals surface area contributed by atoms with E-state index in [1.807, 2.05) is 0 Å². The van der Waals surface area contributed by atoms with Crippen molar-refractivity contribution in [2.24, 2.45) is 0 Å². The fourth-order valence-electron chi connectivity index (χ4n) is 4.14. The molecular weight excluding hydrogens is 528 g/mol. The van der Waals surface area contributed by atoms with E-state index in [-0.39, 0.29) is 43.7 Å². The number of hydrogen-bond donors (Lipinski definition) is 2. The van der Waals surface area contributed by atoms with E-state index in [0.29, 0.717) is 11.1 Å². The summed E-state index contributed by atoms with van der Waals surface area (Å²) >= 11 is 0. The highest BCUT2D eigenvalue weighted by molar-refractivity contribution is 7.92. The third-order valence-electron chi connectivity index (χ3n) is 5.99. The van der Waals surface area contributed by atoms with Gasteiger partial charge in [-0.25, -0.2) is 8.42 Å². The van der Waals surface area contributed by atoms with Crippen molar-refractivity contribution < 1.29 is 27.9 Å². The van der Waals surface area contributed by atoms with E-state index in [0.717, 1.165) is 12.1 Å². The number of anilines is 2. The van der Waals surface area contributed by atoms with Gasteiger partial charge in [-0.05, 0) is 36.4 Å². The molecule has 0 aliphatic carbocycles. The SMILES string of the molecule is O=C(Nc1ccc2c(c1)S(=O)(=O)c1cc(NC(=O)c3cccc([N+](=O)[O-])c3)ccc1-2)c1cccc([N+](=O)[O-])c1. The van der Waals surface area contributed by atoms with Crippen molar-refractivity contribution in [1.82, 2.24) is 0 Å². The summed E-state index contributed by atoms with van der Waals surface area (Å²) in [4.78, 5) is 45.9. The molecular formula is C26H16N4O8S. The Balaban J connectivity index is 1.40. The minimum Gasteiger partial charge on any atom is -0.322 e. The quantitative estimate of drug-likeness (QED) is 0.225. The molecule has 0 bridgehead atoms. The first-order chi connectivity index (χ1) is 18.5. The number of nitrogens with zero attached hydrogens (tertiary/aromatic N) is 2. The molecule has 5 rings (SSSR count). The van der Waals surface area contributed by atoms with Crippen molar-refractivity contribution in [3.8, 4) is 11.1 Å². The van der Waals surface area contributed by atoms with Crippen molar-refractivity contribution in [2.75, 3.05) is 10.6 Å². The molecule has 1 aliphatic heterocycles. The fourth-order valence-corrected chi connectivity index (χ4v) is 5.87. The number of nitrogens with one attached hydrogen (secondary N) is 2. The minimum atomic E-state index is -4.03. The monoisotopic (exact) mass is 544 g/mol. The van der Waals surface area contributed by atoms with Crippen LogP contribution in [0.3, 0.4) is 0 Å². The number of rotatable bonds is 6. The van der Waals surface area contributed by atoms with E-state index < -0.39 is 31.5 Å². The highest BCUT2D eigenvalue weighted by atomic mass is 32.2. The maximum absolute atomic E-state index is 13.4. The van der Waals surface area contributed by atoms with Gasteiger partial charge in [0, 0.05) is 57.9 Å². The number of hydrogen-bond acceptors (Lipinski definition) is 8. The Hall–Kier alpha value is -5.43. The van der Waals surface area contributed by atoms with Crippen molar-refractivity contribution >= 4 is 44.4 Å².